The molecule has 3 aromatic rings. The van der Waals surface area contributed by atoms with Gasteiger partial charge in [0.15, 0.2) is 5.78 Å². The van der Waals surface area contributed by atoms with Gasteiger partial charge in [-0.25, -0.2) is 0 Å². The lowest BCUT2D eigenvalue weighted by Crippen LogP contribution is -2.19. The molecule has 0 saturated carbocycles. The summed E-state index contributed by atoms with van der Waals surface area (Å²) in [7, 11) is 1.65. The van der Waals surface area contributed by atoms with Gasteiger partial charge in [-0.2, -0.15) is 0 Å². The average Bonchev–Trinajstić information content (AvgIpc) is 2.77. The van der Waals surface area contributed by atoms with Crippen molar-refractivity contribution in [3.05, 3.63) is 94.5 Å². The zero-order valence-electron chi connectivity index (χ0n) is 20.9. The van der Waals surface area contributed by atoms with Crippen LogP contribution in [0.4, 0.5) is 0 Å². The Bertz CT molecular complexity index is 1060. The number of hydrogen-bond acceptors (Lipinski definition) is 3. The third-order valence-electron chi connectivity index (χ3n) is 6.15. The van der Waals surface area contributed by atoms with E-state index in [4.69, 9.17) is 4.74 Å². The first-order valence-corrected chi connectivity index (χ1v) is 11.5. The zero-order valence-corrected chi connectivity index (χ0v) is 20.9. The van der Waals surface area contributed by atoms with Crippen molar-refractivity contribution < 1.29 is 14.6 Å². The first-order valence-electron chi connectivity index (χ1n) is 11.5. The lowest BCUT2D eigenvalue weighted by molar-refractivity contribution is 0.0977. The molecule has 0 amide bonds. The second kappa shape index (κ2) is 9.43. The van der Waals surface area contributed by atoms with Crippen molar-refractivity contribution >= 4 is 5.78 Å². The molecule has 0 fully saturated rings. The monoisotopic (exact) mass is 444 g/mol. The number of phenols is 1. The number of Topliss-reactive ketones (excluding diaryl/α,β-unsaturated/α-hetero) is 1. The fourth-order valence-electron chi connectivity index (χ4n) is 4.19. The number of carbonyl (C=O) groups is 1. The van der Waals surface area contributed by atoms with Crippen LogP contribution in [0.15, 0.2) is 66.7 Å². The zero-order chi connectivity index (χ0) is 24.4. The van der Waals surface area contributed by atoms with Crippen LogP contribution in [0.2, 0.25) is 0 Å². The van der Waals surface area contributed by atoms with E-state index >= 15 is 0 Å². The molecule has 1 N–H and O–H groups in total. The minimum absolute atomic E-state index is 0.0964. The van der Waals surface area contributed by atoms with Crippen LogP contribution >= 0.6 is 0 Å². The molecule has 0 aliphatic carbocycles. The number of rotatable bonds is 6. The molecule has 0 saturated heterocycles. The maximum atomic E-state index is 13.3. The number of aromatic hydroxyl groups is 1. The SMILES string of the molecule is COc1ccc(C(CC(=O)c2ccccc2)c2cc(C(C)(C)C)c(O)c(C(C)(C)C)c2)cc1. The van der Waals surface area contributed by atoms with E-state index in [-0.39, 0.29) is 22.5 Å². The number of carbonyl (C=O) groups excluding carboxylic acids is 1. The Kier molecular flexibility index (Phi) is 7.02. The van der Waals surface area contributed by atoms with Crippen LogP contribution < -0.4 is 4.74 Å². The lowest BCUT2D eigenvalue weighted by Gasteiger charge is -2.30. The summed E-state index contributed by atoms with van der Waals surface area (Å²) in [6, 6.07) is 21.5. The van der Waals surface area contributed by atoms with E-state index in [1.165, 1.54) is 0 Å². The topological polar surface area (TPSA) is 46.5 Å². The van der Waals surface area contributed by atoms with Crippen molar-refractivity contribution in [3.8, 4) is 11.5 Å². The molecule has 1 atom stereocenters. The number of ether oxygens (including phenoxy) is 1. The quantitative estimate of drug-likeness (QED) is 0.403. The number of benzene rings is 3. The Labute approximate surface area is 198 Å². The number of methoxy groups -OCH3 is 1. The number of phenolic OH excluding ortho intramolecular Hbond substituents is 1. The van der Waals surface area contributed by atoms with Crippen molar-refractivity contribution in [2.75, 3.05) is 7.11 Å². The lowest BCUT2D eigenvalue weighted by atomic mass is 9.75. The van der Waals surface area contributed by atoms with Crippen molar-refractivity contribution in [1.29, 1.82) is 0 Å². The summed E-state index contributed by atoms with van der Waals surface area (Å²) < 4.78 is 5.35. The highest BCUT2D eigenvalue weighted by molar-refractivity contribution is 5.96. The summed E-state index contributed by atoms with van der Waals surface area (Å²) in [6.07, 6.45) is 0.342. The molecule has 174 valence electrons. The number of hydrogen-bond donors (Lipinski definition) is 1. The predicted molar refractivity (Wildman–Crippen MR) is 136 cm³/mol. The Balaban J connectivity index is 2.19. The van der Waals surface area contributed by atoms with Gasteiger partial charge in [0.1, 0.15) is 11.5 Å². The third kappa shape index (κ3) is 5.65. The van der Waals surface area contributed by atoms with Gasteiger partial charge in [-0.15, -0.1) is 0 Å². The highest BCUT2D eigenvalue weighted by atomic mass is 16.5. The van der Waals surface area contributed by atoms with E-state index in [9.17, 15) is 9.90 Å². The van der Waals surface area contributed by atoms with Gasteiger partial charge in [0, 0.05) is 17.9 Å². The molecule has 0 spiro atoms. The molecule has 0 bridgehead atoms. The van der Waals surface area contributed by atoms with Crippen LogP contribution in [-0.4, -0.2) is 18.0 Å². The van der Waals surface area contributed by atoms with Gasteiger partial charge in [0.25, 0.3) is 0 Å². The highest BCUT2D eigenvalue weighted by Gasteiger charge is 2.29. The summed E-state index contributed by atoms with van der Waals surface area (Å²) >= 11 is 0. The van der Waals surface area contributed by atoms with Crippen molar-refractivity contribution in [2.24, 2.45) is 0 Å². The van der Waals surface area contributed by atoms with Crippen LogP contribution in [0.5, 0.6) is 11.5 Å². The molecule has 33 heavy (non-hydrogen) atoms. The first-order chi connectivity index (χ1) is 15.4. The number of ketones is 1. The van der Waals surface area contributed by atoms with Crippen LogP contribution in [0, 0.1) is 0 Å². The minimum atomic E-state index is -0.242. The van der Waals surface area contributed by atoms with Gasteiger partial charge >= 0.3 is 0 Å². The molecule has 0 aliphatic heterocycles. The Morgan fingerprint density at radius 3 is 1.79 bits per heavy atom. The van der Waals surface area contributed by atoms with Gasteiger partial charge in [-0.3, -0.25) is 4.79 Å². The first kappa shape index (κ1) is 24.6. The van der Waals surface area contributed by atoms with E-state index < -0.39 is 0 Å². The van der Waals surface area contributed by atoms with Crippen molar-refractivity contribution in [3.63, 3.8) is 0 Å². The van der Waals surface area contributed by atoms with Gasteiger partial charge in [-0.1, -0.05) is 96.1 Å². The predicted octanol–water partition coefficient (Wildman–Crippen LogP) is 7.40. The second-order valence-electron chi connectivity index (χ2n) is 10.8. The maximum Gasteiger partial charge on any atom is 0.163 e. The molecule has 1 unspecified atom stereocenters. The van der Waals surface area contributed by atoms with Crippen LogP contribution in [0.3, 0.4) is 0 Å². The van der Waals surface area contributed by atoms with E-state index in [1.54, 1.807) is 7.11 Å². The Hall–Kier alpha value is -3.07. The van der Waals surface area contributed by atoms with Crippen LogP contribution in [0.25, 0.3) is 0 Å². The maximum absolute atomic E-state index is 13.3. The molecular weight excluding hydrogens is 408 g/mol. The molecule has 3 rings (SSSR count). The molecule has 0 aliphatic rings. The van der Waals surface area contributed by atoms with Crippen molar-refractivity contribution in [2.45, 2.75) is 64.7 Å². The highest BCUT2D eigenvalue weighted by Crippen LogP contribution is 2.43. The molecule has 0 aromatic heterocycles. The standard InChI is InChI=1S/C30H36O3/c1-29(2,3)25-17-22(18-26(28(25)32)30(4,5)6)24(20-13-15-23(33-7)16-14-20)19-27(31)21-11-9-8-10-12-21/h8-18,24,32H,19H2,1-7H3. The van der Waals surface area contributed by atoms with E-state index in [0.717, 1.165) is 28.0 Å². The summed E-state index contributed by atoms with van der Waals surface area (Å²) in [5, 5.41) is 11.2. The second-order valence-corrected chi connectivity index (χ2v) is 10.8. The normalized spacial score (nSPS) is 12.9. The molecule has 0 radical (unpaired) electrons. The minimum Gasteiger partial charge on any atom is -0.507 e. The van der Waals surface area contributed by atoms with Gasteiger partial charge < -0.3 is 9.84 Å². The summed E-state index contributed by atoms with van der Waals surface area (Å²) in [5.74, 6) is 1.08. The molecule has 3 aromatic carbocycles. The average molecular weight is 445 g/mol. The van der Waals surface area contributed by atoms with Crippen molar-refractivity contribution in [1.82, 2.24) is 0 Å². The summed E-state index contributed by atoms with van der Waals surface area (Å²) in [4.78, 5) is 13.3. The summed E-state index contributed by atoms with van der Waals surface area (Å²) in [5.41, 5.74) is 4.11. The van der Waals surface area contributed by atoms with E-state index in [1.807, 2.05) is 54.6 Å². The third-order valence-corrected chi connectivity index (χ3v) is 6.15. The molecule has 3 heteroatoms. The molecule has 0 heterocycles. The van der Waals surface area contributed by atoms with E-state index in [2.05, 4.69) is 53.7 Å². The summed E-state index contributed by atoms with van der Waals surface area (Å²) in [6.45, 7) is 12.6. The molecule has 3 nitrogen and oxygen atoms in total. The van der Waals surface area contributed by atoms with Gasteiger partial charge in [0.05, 0.1) is 7.11 Å². The molecular formula is C30H36O3. The fourth-order valence-corrected chi connectivity index (χ4v) is 4.19. The van der Waals surface area contributed by atoms with Gasteiger partial charge in [-0.05, 0) is 45.2 Å². The van der Waals surface area contributed by atoms with Crippen LogP contribution in [-0.2, 0) is 10.8 Å². The Morgan fingerprint density at radius 2 is 1.33 bits per heavy atom. The van der Waals surface area contributed by atoms with Gasteiger partial charge in [0.2, 0.25) is 0 Å². The van der Waals surface area contributed by atoms with Crippen LogP contribution in [0.1, 0.15) is 86.5 Å². The smallest absolute Gasteiger partial charge is 0.163 e. The van der Waals surface area contributed by atoms with E-state index in [0.29, 0.717) is 17.7 Å². The Morgan fingerprint density at radius 1 is 0.818 bits per heavy atom. The fraction of sp³-hybridized carbons (Fsp3) is 0.367. The largest absolute Gasteiger partial charge is 0.507 e.